The van der Waals surface area contributed by atoms with Crippen LogP contribution in [0.5, 0.6) is 0 Å². The fraction of sp³-hybridized carbons (Fsp3) is 0.763. The summed E-state index contributed by atoms with van der Waals surface area (Å²) in [5.74, 6) is -8.27. The zero-order valence-electron chi connectivity index (χ0n) is 36.1. The molecule has 0 unspecified atom stereocenters. The van der Waals surface area contributed by atoms with E-state index in [4.69, 9.17) is 22.3 Å². The van der Waals surface area contributed by atoms with Crippen LogP contribution in [0.15, 0.2) is 0 Å². The number of hydrogen-bond acceptors (Lipinski definition) is 13. The molecule has 0 spiro atoms. The maximum Gasteiger partial charge on any atom is 0.325 e. The molecule has 0 radical (unpaired) electrons. The van der Waals surface area contributed by atoms with Gasteiger partial charge in [0.1, 0.15) is 36.3 Å². The third-order valence-electron chi connectivity index (χ3n) is 9.15. The SMILES string of the molecule is CC(C)C[C@H](NC(=O)[C@@H](NC(=O)[C@H](CCCCN)NC(=O)[C@@H](NC(=O)[C@@H](N)CCCCN)C(C)C)C(C)C)C(=O)NCC(=O)N[C@@H](CO)C(=O)NCC(=O)N[C@@H](C)C(=O)O. The Bertz CT molecular complexity index is 1430. The van der Waals surface area contributed by atoms with Crippen molar-refractivity contribution in [2.45, 2.75) is 136 Å². The molecular weight excluding hydrogens is 786 g/mol. The molecule has 0 saturated carbocycles. The van der Waals surface area contributed by atoms with Gasteiger partial charge in [-0.05, 0) is 76.3 Å². The van der Waals surface area contributed by atoms with Gasteiger partial charge < -0.3 is 69.9 Å². The molecular formula is C38H71N11O11. The minimum absolute atomic E-state index is 0.124. The van der Waals surface area contributed by atoms with Crippen LogP contribution in [0.1, 0.15) is 93.4 Å². The summed E-state index contributed by atoms with van der Waals surface area (Å²) < 4.78 is 0. The molecule has 0 aliphatic heterocycles. The van der Waals surface area contributed by atoms with Crippen molar-refractivity contribution >= 4 is 53.2 Å². The fourth-order valence-corrected chi connectivity index (χ4v) is 5.59. The number of aliphatic hydroxyl groups excluding tert-OH is 1. The van der Waals surface area contributed by atoms with Crippen LogP contribution in [0.2, 0.25) is 0 Å². The lowest BCUT2D eigenvalue weighted by Crippen LogP contribution is -2.60. The molecule has 0 aromatic rings. The Morgan fingerprint density at radius 2 is 0.967 bits per heavy atom. The van der Waals surface area contributed by atoms with Crippen LogP contribution in [0.3, 0.4) is 0 Å². The minimum Gasteiger partial charge on any atom is -0.480 e. The molecule has 344 valence electrons. The van der Waals surface area contributed by atoms with E-state index in [-0.39, 0.29) is 24.7 Å². The minimum atomic E-state index is -1.52. The molecule has 7 atom stereocenters. The number of unbranched alkanes of at least 4 members (excludes halogenated alkanes) is 2. The number of carboxylic acid groups (broad SMARTS) is 1. The van der Waals surface area contributed by atoms with Gasteiger partial charge in [-0.25, -0.2) is 0 Å². The normalized spacial score (nSPS) is 14.7. The summed E-state index contributed by atoms with van der Waals surface area (Å²) in [7, 11) is 0. The standard InChI is InChI=1S/C38H71N11O11/c1-20(2)16-26(33(54)42-18-29(52)45-27(19-50)34(55)43-17-28(51)44-23(7)38(59)60)47-37(58)31(22(5)6)49-35(56)25(13-9-11-15-40)46-36(57)30(21(3)4)48-32(53)24(41)12-8-10-14-39/h20-27,30-31,50H,8-19,39-41H2,1-7H3,(H,42,54)(H,43,55)(H,44,51)(H,45,52)(H,46,57)(H,47,58)(H,48,53)(H,49,56)(H,59,60)/t23-,24-,25-,26-,27-,30-,31-/m0/s1. The molecule has 0 saturated heterocycles. The highest BCUT2D eigenvalue weighted by Gasteiger charge is 2.34. The number of carbonyl (C=O) groups excluding carboxylic acids is 8. The van der Waals surface area contributed by atoms with Crippen molar-refractivity contribution in [3.8, 4) is 0 Å². The Balaban J connectivity index is 5.79. The summed E-state index contributed by atoms with van der Waals surface area (Å²) in [6.45, 7) is 10.2. The molecule has 0 rings (SSSR count). The first kappa shape index (κ1) is 55.1. The molecule has 0 fully saturated rings. The van der Waals surface area contributed by atoms with Crippen LogP contribution in [-0.4, -0.2) is 139 Å². The quantitative estimate of drug-likeness (QED) is 0.0308. The van der Waals surface area contributed by atoms with Crippen molar-refractivity contribution in [3.63, 3.8) is 0 Å². The molecule has 0 aromatic carbocycles. The molecule has 0 bridgehead atoms. The molecule has 22 heteroatoms. The maximum atomic E-state index is 13.8. The average Bonchev–Trinajstić information content (AvgIpc) is 3.17. The Morgan fingerprint density at radius 1 is 0.517 bits per heavy atom. The van der Waals surface area contributed by atoms with Gasteiger partial charge in [0.15, 0.2) is 0 Å². The molecule has 60 heavy (non-hydrogen) atoms. The Labute approximate surface area is 352 Å². The molecule has 8 amide bonds. The van der Waals surface area contributed by atoms with Gasteiger partial charge in [-0.2, -0.15) is 0 Å². The van der Waals surface area contributed by atoms with E-state index in [9.17, 15) is 48.3 Å². The van der Waals surface area contributed by atoms with E-state index in [0.717, 1.165) is 0 Å². The second-order valence-corrected chi connectivity index (χ2v) is 15.8. The zero-order valence-corrected chi connectivity index (χ0v) is 36.1. The van der Waals surface area contributed by atoms with Gasteiger partial charge in [0.2, 0.25) is 47.3 Å². The van der Waals surface area contributed by atoms with Crippen LogP contribution < -0.4 is 59.7 Å². The zero-order chi connectivity index (χ0) is 46.1. The average molecular weight is 858 g/mol. The lowest BCUT2D eigenvalue weighted by atomic mass is 9.98. The first-order valence-corrected chi connectivity index (χ1v) is 20.4. The van der Waals surface area contributed by atoms with Gasteiger partial charge in [-0.3, -0.25) is 43.2 Å². The molecule has 0 aliphatic rings. The van der Waals surface area contributed by atoms with Gasteiger partial charge in [-0.15, -0.1) is 0 Å². The summed E-state index contributed by atoms with van der Waals surface area (Å²) in [5.41, 5.74) is 17.2. The number of hydrogen-bond donors (Lipinski definition) is 13. The first-order chi connectivity index (χ1) is 28.1. The highest BCUT2D eigenvalue weighted by atomic mass is 16.4. The predicted molar refractivity (Wildman–Crippen MR) is 221 cm³/mol. The largest absolute Gasteiger partial charge is 0.480 e. The Morgan fingerprint density at radius 3 is 1.42 bits per heavy atom. The van der Waals surface area contributed by atoms with Crippen molar-refractivity contribution in [1.29, 1.82) is 0 Å². The number of carbonyl (C=O) groups is 9. The van der Waals surface area contributed by atoms with Gasteiger partial charge in [-0.1, -0.05) is 48.0 Å². The van der Waals surface area contributed by atoms with Crippen LogP contribution >= 0.6 is 0 Å². The summed E-state index contributed by atoms with van der Waals surface area (Å²) >= 11 is 0. The van der Waals surface area contributed by atoms with Crippen molar-refractivity contribution in [3.05, 3.63) is 0 Å². The van der Waals surface area contributed by atoms with E-state index in [1.165, 1.54) is 6.92 Å². The van der Waals surface area contributed by atoms with E-state index < -0.39 is 121 Å². The summed E-state index contributed by atoms with van der Waals surface area (Å²) in [5, 5.41) is 38.2. The fourth-order valence-electron chi connectivity index (χ4n) is 5.59. The van der Waals surface area contributed by atoms with Crippen molar-refractivity contribution in [1.82, 2.24) is 42.5 Å². The third kappa shape index (κ3) is 21.9. The van der Waals surface area contributed by atoms with E-state index >= 15 is 0 Å². The molecule has 22 nitrogen and oxygen atoms in total. The van der Waals surface area contributed by atoms with Gasteiger partial charge in [0, 0.05) is 0 Å². The second-order valence-electron chi connectivity index (χ2n) is 15.8. The van der Waals surface area contributed by atoms with E-state index in [2.05, 4.69) is 42.5 Å². The van der Waals surface area contributed by atoms with Crippen LogP contribution in [0.25, 0.3) is 0 Å². The number of carboxylic acids is 1. The number of nitrogens with one attached hydrogen (secondary N) is 8. The summed E-state index contributed by atoms with van der Waals surface area (Å²) in [6, 6.07) is -8.10. The number of nitrogens with two attached hydrogens (primary N) is 3. The topological polar surface area (TPSA) is 368 Å². The van der Waals surface area contributed by atoms with Crippen LogP contribution in [0.4, 0.5) is 0 Å². The maximum absolute atomic E-state index is 13.8. The number of amides is 8. The smallest absolute Gasteiger partial charge is 0.325 e. The molecule has 0 aliphatic carbocycles. The Kier molecular flexibility index (Phi) is 26.9. The summed E-state index contributed by atoms with van der Waals surface area (Å²) in [6.07, 6.45) is 2.99. The van der Waals surface area contributed by atoms with E-state index in [0.29, 0.717) is 45.2 Å². The number of aliphatic hydroxyl groups is 1. The first-order valence-electron chi connectivity index (χ1n) is 20.4. The van der Waals surface area contributed by atoms with Gasteiger partial charge >= 0.3 is 5.97 Å². The van der Waals surface area contributed by atoms with E-state index in [1.807, 2.05) is 0 Å². The lowest BCUT2D eigenvalue weighted by molar-refractivity contribution is -0.141. The Hall–Kier alpha value is -4.93. The predicted octanol–water partition coefficient (Wildman–Crippen LogP) is -3.83. The monoisotopic (exact) mass is 858 g/mol. The lowest BCUT2D eigenvalue weighted by Gasteiger charge is -2.29. The number of rotatable bonds is 30. The molecule has 16 N–H and O–H groups in total. The van der Waals surface area contributed by atoms with E-state index in [1.54, 1.807) is 41.5 Å². The van der Waals surface area contributed by atoms with Gasteiger partial charge in [0.25, 0.3) is 0 Å². The highest BCUT2D eigenvalue weighted by Crippen LogP contribution is 2.11. The van der Waals surface area contributed by atoms with Crippen LogP contribution in [-0.2, 0) is 43.2 Å². The van der Waals surface area contributed by atoms with Crippen molar-refractivity contribution in [2.75, 3.05) is 32.8 Å². The van der Waals surface area contributed by atoms with Crippen molar-refractivity contribution in [2.24, 2.45) is 35.0 Å². The highest BCUT2D eigenvalue weighted by molar-refractivity contribution is 5.97. The third-order valence-corrected chi connectivity index (χ3v) is 9.15. The van der Waals surface area contributed by atoms with Gasteiger partial charge in [0.05, 0.1) is 25.7 Å². The number of aliphatic carboxylic acids is 1. The van der Waals surface area contributed by atoms with Crippen LogP contribution in [0, 0.1) is 17.8 Å². The second kappa shape index (κ2) is 29.3. The summed E-state index contributed by atoms with van der Waals surface area (Å²) in [4.78, 5) is 115. The molecule has 0 heterocycles. The molecule has 0 aromatic heterocycles. The van der Waals surface area contributed by atoms with Crippen molar-refractivity contribution < 1.29 is 53.4 Å².